The van der Waals surface area contributed by atoms with E-state index in [9.17, 15) is 9.59 Å². The summed E-state index contributed by atoms with van der Waals surface area (Å²) in [6, 6.07) is 8.33. The van der Waals surface area contributed by atoms with Crippen molar-refractivity contribution in [3.63, 3.8) is 0 Å². The van der Waals surface area contributed by atoms with Crippen LogP contribution in [0.2, 0.25) is 0 Å². The number of hydrogen-bond donors (Lipinski definition) is 1. The van der Waals surface area contributed by atoms with Gasteiger partial charge in [0.1, 0.15) is 21.2 Å². The fraction of sp³-hybridized carbons (Fsp3) is 0.276. The van der Waals surface area contributed by atoms with Crippen LogP contribution in [0.4, 0.5) is 5.69 Å². The van der Waals surface area contributed by atoms with Gasteiger partial charge in [-0.05, 0) is 43.7 Å². The normalized spacial score (nSPS) is 10.8. The second-order valence-corrected chi connectivity index (χ2v) is 9.50. The van der Waals surface area contributed by atoms with Gasteiger partial charge in [0.25, 0.3) is 0 Å². The Kier molecular flexibility index (Phi) is 8.34. The largest absolute Gasteiger partial charge is 0.497 e. The molecule has 2 aromatic heterocycles. The maximum absolute atomic E-state index is 13.8. The van der Waals surface area contributed by atoms with Gasteiger partial charge in [-0.25, -0.2) is 9.78 Å². The SMILES string of the molecule is CCOC(=O)c1c(C)nc2sc(C(=O)c3ccc(OC)cc3OC)c(N)c2c1-c1cc(OC)c(OC)c(OC)c1. The van der Waals surface area contributed by atoms with Crippen LogP contribution in [-0.4, -0.2) is 58.9 Å². The highest BCUT2D eigenvalue weighted by Gasteiger charge is 2.29. The Morgan fingerprint density at radius 1 is 0.900 bits per heavy atom. The molecule has 2 N–H and O–H groups in total. The lowest BCUT2D eigenvalue weighted by Crippen LogP contribution is -2.11. The molecule has 0 amide bonds. The average molecular weight is 567 g/mol. The van der Waals surface area contributed by atoms with Gasteiger partial charge >= 0.3 is 5.97 Å². The summed E-state index contributed by atoms with van der Waals surface area (Å²) >= 11 is 1.13. The van der Waals surface area contributed by atoms with E-state index in [0.29, 0.717) is 61.3 Å². The lowest BCUT2D eigenvalue weighted by atomic mass is 9.94. The first-order chi connectivity index (χ1) is 19.2. The second kappa shape index (κ2) is 11.7. The van der Waals surface area contributed by atoms with Crippen molar-refractivity contribution in [3.05, 3.63) is 52.0 Å². The molecular formula is C29H30N2O8S. The summed E-state index contributed by atoms with van der Waals surface area (Å²) in [5, 5.41) is 0.434. The third kappa shape index (κ3) is 4.84. The molecule has 0 spiro atoms. The summed E-state index contributed by atoms with van der Waals surface area (Å²) in [5.41, 5.74) is 8.78. The molecule has 0 saturated carbocycles. The molecule has 0 fully saturated rings. The predicted octanol–water partition coefficient (Wildman–Crippen LogP) is 5.30. The summed E-state index contributed by atoms with van der Waals surface area (Å²) in [5.74, 6) is 1.08. The molecule has 0 aliphatic carbocycles. The number of anilines is 1. The van der Waals surface area contributed by atoms with E-state index in [-0.39, 0.29) is 28.5 Å². The lowest BCUT2D eigenvalue weighted by Gasteiger charge is -2.17. The van der Waals surface area contributed by atoms with Crippen molar-refractivity contribution in [2.75, 3.05) is 47.9 Å². The Labute approximate surface area is 235 Å². The average Bonchev–Trinajstić information content (AvgIpc) is 3.29. The van der Waals surface area contributed by atoms with Crippen LogP contribution in [0.5, 0.6) is 28.7 Å². The number of fused-ring (bicyclic) bond motifs is 1. The monoisotopic (exact) mass is 566 g/mol. The molecule has 0 saturated heterocycles. The number of esters is 1. The second-order valence-electron chi connectivity index (χ2n) is 8.50. The van der Waals surface area contributed by atoms with Crippen molar-refractivity contribution < 1.29 is 38.0 Å². The van der Waals surface area contributed by atoms with Gasteiger partial charge in [0.2, 0.25) is 11.5 Å². The zero-order valence-electron chi connectivity index (χ0n) is 23.3. The number of methoxy groups -OCH3 is 5. The van der Waals surface area contributed by atoms with Crippen LogP contribution in [0, 0.1) is 6.92 Å². The zero-order chi connectivity index (χ0) is 29.1. The zero-order valence-corrected chi connectivity index (χ0v) is 24.1. The molecule has 0 radical (unpaired) electrons. The molecule has 0 aliphatic heterocycles. The summed E-state index contributed by atoms with van der Waals surface area (Å²) in [6.07, 6.45) is 0. The van der Waals surface area contributed by atoms with Crippen LogP contribution in [0.15, 0.2) is 30.3 Å². The standard InChI is InChI=1S/C29H30N2O8S/c1-8-39-29(33)21-14(2)31-28-23(22(21)15-11-19(36-5)26(38-7)20(12-15)37-6)24(30)27(40-28)25(32)17-10-9-16(34-3)13-18(17)35-4/h9-13H,8,30H2,1-7H3. The number of pyridine rings is 1. The van der Waals surface area contributed by atoms with E-state index in [0.717, 1.165) is 11.3 Å². The summed E-state index contributed by atoms with van der Waals surface area (Å²) in [7, 11) is 7.50. The molecule has 210 valence electrons. The molecule has 0 bridgehead atoms. The maximum atomic E-state index is 13.8. The minimum Gasteiger partial charge on any atom is -0.497 e. The van der Waals surface area contributed by atoms with Crippen molar-refractivity contribution in [2.24, 2.45) is 0 Å². The molecule has 4 aromatic rings. The van der Waals surface area contributed by atoms with E-state index >= 15 is 0 Å². The van der Waals surface area contributed by atoms with E-state index in [1.54, 1.807) is 44.2 Å². The molecule has 2 aromatic carbocycles. The summed E-state index contributed by atoms with van der Waals surface area (Å²) in [6.45, 7) is 3.58. The van der Waals surface area contributed by atoms with Gasteiger partial charge in [0, 0.05) is 17.0 Å². The number of carbonyl (C=O) groups excluding carboxylic acids is 2. The number of hydrogen-bond acceptors (Lipinski definition) is 11. The number of ketones is 1. The maximum Gasteiger partial charge on any atom is 0.340 e. The topological polar surface area (TPSA) is 128 Å². The van der Waals surface area contributed by atoms with Gasteiger partial charge < -0.3 is 34.2 Å². The molecule has 4 rings (SSSR count). The van der Waals surface area contributed by atoms with Crippen LogP contribution in [0.3, 0.4) is 0 Å². The van der Waals surface area contributed by atoms with Crippen LogP contribution >= 0.6 is 11.3 Å². The third-order valence-electron chi connectivity index (χ3n) is 6.35. The number of carbonyl (C=O) groups is 2. The quantitative estimate of drug-likeness (QED) is 0.199. The highest BCUT2D eigenvalue weighted by atomic mass is 32.1. The number of nitrogens with zero attached hydrogens (tertiary/aromatic N) is 1. The first kappa shape index (κ1) is 28.5. The highest BCUT2D eigenvalue weighted by Crippen LogP contribution is 2.47. The number of benzene rings is 2. The van der Waals surface area contributed by atoms with E-state index in [1.165, 1.54) is 35.5 Å². The van der Waals surface area contributed by atoms with E-state index in [2.05, 4.69) is 4.98 Å². The smallest absolute Gasteiger partial charge is 0.340 e. The Morgan fingerprint density at radius 2 is 1.55 bits per heavy atom. The first-order valence-corrected chi connectivity index (χ1v) is 13.0. The van der Waals surface area contributed by atoms with Gasteiger partial charge in [-0.15, -0.1) is 11.3 Å². The van der Waals surface area contributed by atoms with Gasteiger partial charge in [-0.1, -0.05) is 0 Å². The molecular weight excluding hydrogens is 536 g/mol. The van der Waals surface area contributed by atoms with Gasteiger partial charge in [0.15, 0.2) is 11.5 Å². The highest BCUT2D eigenvalue weighted by molar-refractivity contribution is 7.21. The van der Waals surface area contributed by atoms with Crippen LogP contribution in [-0.2, 0) is 4.74 Å². The number of aromatic nitrogens is 1. The summed E-state index contributed by atoms with van der Waals surface area (Å²) in [4.78, 5) is 32.4. The summed E-state index contributed by atoms with van der Waals surface area (Å²) < 4.78 is 32.7. The lowest BCUT2D eigenvalue weighted by molar-refractivity contribution is 0.0526. The Morgan fingerprint density at radius 3 is 2.10 bits per heavy atom. The molecule has 0 atom stereocenters. The van der Waals surface area contributed by atoms with Gasteiger partial charge in [-0.2, -0.15) is 0 Å². The van der Waals surface area contributed by atoms with E-state index in [1.807, 2.05) is 0 Å². The van der Waals surface area contributed by atoms with Crippen LogP contribution in [0.25, 0.3) is 21.3 Å². The van der Waals surface area contributed by atoms with Crippen molar-refractivity contribution in [2.45, 2.75) is 13.8 Å². The molecule has 0 aliphatic rings. The number of nitrogen functional groups attached to an aromatic ring is 1. The minimum absolute atomic E-state index is 0.158. The van der Waals surface area contributed by atoms with E-state index < -0.39 is 5.97 Å². The first-order valence-electron chi connectivity index (χ1n) is 12.2. The van der Waals surface area contributed by atoms with Gasteiger partial charge in [0.05, 0.1) is 64.7 Å². The third-order valence-corrected chi connectivity index (χ3v) is 7.45. The predicted molar refractivity (Wildman–Crippen MR) is 153 cm³/mol. The fourth-order valence-corrected chi connectivity index (χ4v) is 5.61. The van der Waals surface area contributed by atoms with Crippen LogP contribution < -0.4 is 29.4 Å². The molecule has 40 heavy (non-hydrogen) atoms. The molecule has 0 unspecified atom stereocenters. The van der Waals surface area contributed by atoms with Crippen LogP contribution in [0.1, 0.15) is 38.2 Å². The van der Waals surface area contributed by atoms with E-state index in [4.69, 9.17) is 34.2 Å². The number of rotatable bonds is 10. The van der Waals surface area contributed by atoms with Gasteiger partial charge in [-0.3, -0.25) is 4.79 Å². The molecule has 2 heterocycles. The number of thiophene rings is 1. The fourth-order valence-electron chi connectivity index (χ4n) is 4.51. The van der Waals surface area contributed by atoms with Crippen molar-refractivity contribution in [1.82, 2.24) is 4.98 Å². The molecule has 11 heteroatoms. The van der Waals surface area contributed by atoms with Crippen molar-refractivity contribution >= 4 is 39.0 Å². The number of ether oxygens (including phenoxy) is 6. The Hall–Kier alpha value is -4.51. The number of aryl methyl sites for hydroxylation is 1. The Bertz CT molecular complexity index is 1590. The van der Waals surface area contributed by atoms with Crippen molar-refractivity contribution in [1.29, 1.82) is 0 Å². The molecule has 10 nitrogen and oxygen atoms in total. The minimum atomic E-state index is -0.576. The Balaban J connectivity index is 2.07. The number of nitrogens with two attached hydrogens (primary N) is 1. The van der Waals surface area contributed by atoms with Crippen molar-refractivity contribution in [3.8, 4) is 39.9 Å².